The van der Waals surface area contributed by atoms with Crippen molar-refractivity contribution >= 4 is 50.2 Å². The highest BCUT2D eigenvalue weighted by Crippen LogP contribution is 2.36. The Balaban J connectivity index is 2.18. The van der Waals surface area contributed by atoms with Crippen molar-refractivity contribution in [3.05, 3.63) is 47.2 Å². The van der Waals surface area contributed by atoms with E-state index in [9.17, 15) is 8.42 Å². The van der Waals surface area contributed by atoms with Crippen LogP contribution in [0.25, 0.3) is 22.2 Å². The molecule has 0 saturated heterocycles. The number of benzene rings is 1. The Hall–Kier alpha value is -1.70. The summed E-state index contributed by atoms with van der Waals surface area (Å²) in [6, 6.07) is 7.70. The van der Waals surface area contributed by atoms with Crippen molar-refractivity contribution in [2.45, 2.75) is 20.8 Å². The first-order valence-electron chi connectivity index (χ1n) is 8.66. The zero-order chi connectivity index (χ0) is 19.8. The van der Waals surface area contributed by atoms with Gasteiger partial charge in [0.1, 0.15) is 0 Å². The van der Waals surface area contributed by atoms with Crippen molar-refractivity contribution in [3.8, 4) is 11.3 Å². The summed E-state index contributed by atoms with van der Waals surface area (Å²) >= 11 is 7.43. The predicted octanol–water partition coefficient (Wildman–Crippen LogP) is 5.03. The summed E-state index contributed by atoms with van der Waals surface area (Å²) in [4.78, 5) is 4.32. The van der Waals surface area contributed by atoms with Gasteiger partial charge in [0.05, 0.1) is 23.3 Å². The lowest BCUT2D eigenvalue weighted by Gasteiger charge is -2.22. The first-order valence-corrected chi connectivity index (χ1v) is 11.6. The molecule has 0 N–H and O–H groups in total. The van der Waals surface area contributed by atoms with Crippen LogP contribution in [-0.2, 0) is 17.1 Å². The van der Waals surface area contributed by atoms with Crippen molar-refractivity contribution in [2.75, 3.05) is 15.2 Å². The lowest BCUT2D eigenvalue weighted by atomic mass is 10.1. The lowest BCUT2D eigenvalue weighted by Crippen LogP contribution is -2.26. The Morgan fingerprint density at radius 3 is 2.63 bits per heavy atom. The van der Waals surface area contributed by atoms with Gasteiger partial charge in [0.25, 0.3) is 0 Å². The molecule has 5 nitrogen and oxygen atoms in total. The molecule has 0 radical (unpaired) electrons. The van der Waals surface area contributed by atoms with E-state index in [4.69, 9.17) is 11.6 Å². The lowest BCUT2D eigenvalue weighted by molar-refractivity contribution is 0.599. The highest BCUT2D eigenvalue weighted by molar-refractivity contribution is 8.14. The van der Waals surface area contributed by atoms with Crippen LogP contribution >= 0.6 is 23.5 Å². The number of pyridine rings is 1. The van der Waals surface area contributed by atoms with Crippen molar-refractivity contribution in [1.29, 1.82) is 0 Å². The summed E-state index contributed by atoms with van der Waals surface area (Å²) in [5.41, 5.74) is 4.56. The van der Waals surface area contributed by atoms with Crippen LogP contribution in [0.5, 0.6) is 0 Å². The molecule has 0 unspecified atom stereocenters. The summed E-state index contributed by atoms with van der Waals surface area (Å²) < 4.78 is 28.5. The Labute approximate surface area is 169 Å². The van der Waals surface area contributed by atoms with Crippen LogP contribution in [0.1, 0.15) is 19.4 Å². The van der Waals surface area contributed by atoms with Crippen LogP contribution in [0, 0.1) is 6.92 Å². The first-order chi connectivity index (χ1) is 12.8. The van der Waals surface area contributed by atoms with Gasteiger partial charge in [-0.25, -0.2) is 12.1 Å². The minimum atomic E-state index is -3.39. The number of anilines is 1. The SMILES string of the molecule is CCSN(c1cncc(-c2c(C)c3ccc(Cl)cc3n2C)c1)S(=O)(=O)CC. The van der Waals surface area contributed by atoms with Crippen LogP contribution < -0.4 is 3.71 Å². The zero-order valence-corrected chi connectivity index (χ0v) is 18.1. The molecule has 144 valence electrons. The monoisotopic (exact) mass is 423 g/mol. The molecule has 0 fully saturated rings. The third kappa shape index (κ3) is 3.68. The average Bonchev–Trinajstić information content (AvgIpc) is 2.89. The quantitative estimate of drug-likeness (QED) is 0.522. The van der Waals surface area contributed by atoms with Gasteiger partial charge in [0.2, 0.25) is 10.0 Å². The molecule has 2 aromatic heterocycles. The van der Waals surface area contributed by atoms with Crippen LogP contribution in [0.15, 0.2) is 36.7 Å². The molecule has 0 spiro atoms. The number of aromatic nitrogens is 2. The highest BCUT2D eigenvalue weighted by atomic mass is 35.5. The van der Waals surface area contributed by atoms with Crippen molar-refractivity contribution in [3.63, 3.8) is 0 Å². The summed E-state index contributed by atoms with van der Waals surface area (Å²) in [6.07, 6.45) is 3.36. The molecular weight excluding hydrogens is 402 g/mol. The van der Waals surface area contributed by atoms with E-state index in [-0.39, 0.29) is 5.75 Å². The maximum atomic E-state index is 12.5. The third-order valence-electron chi connectivity index (χ3n) is 4.49. The van der Waals surface area contributed by atoms with Crippen molar-refractivity contribution < 1.29 is 8.42 Å². The van der Waals surface area contributed by atoms with E-state index in [2.05, 4.69) is 16.5 Å². The number of sulfonamides is 1. The van der Waals surface area contributed by atoms with E-state index in [0.29, 0.717) is 16.5 Å². The van der Waals surface area contributed by atoms with Crippen LogP contribution in [0.2, 0.25) is 5.02 Å². The fourth-order valence-corrected chi connectivity index (χ4v) is 5.80. The molecule has 0 atom stereocenters. The molecule has 2 heterocycles. The molecular formula is C19H22ClN3O2S2. The standard InChI is InChI=1S/C19H22ClN3O2S2/c1-5-26-23(27(24,25)6-2)16-9-14(11-21-12-16)19-13(3)17-8-7-15(20)10-18(17)22(19)4/h7-12H,5-6H2,1-4H3. The third-order valence-corrected chi connectivity index (χ3v) is 7.87. The van der Waals surface area contributed by atoms with Crippen molar-refractivity contribution in [1.82, 2.24) is 9.55 Å². The maximum absolute atomic E-state index is 12.5. The number of aryl methyl sites for hydroxylation is 2. The molecule has 0 saturated carbocycles. The number of rotatable bonds is 6. The van der Waals surface area contributed by atoms with E-state index in [1.54, 1.807) is 19.3 Å². The van der Waals surface area contributed by atoms with Gasteiger partial charge in [0, 0.05) is 40.5 Å². The second-order valence-corrected chi connectivity index (χ2v) is 10.1. The Morgan fingerprint density at radius 2 is 1.96 bits per heavy atom. The first kappa shape index (κ1) is 20.0. The normalized spacial score (nSPS) is 11.9. The molecule has 3 aromatic rings. The second kappa shape index (κ2) is 7.73. The van der Waals surface area contributed by atoms with Gasteiger partial charge in [-0.05, 0) is 49.6 Å². The average molecular weight is 424 g/mol. The molecule has 3 rings (SSSR count). The van der Waals surface area contributed by atoms with Gasteiger partial charge in [-0.2, -0.15) is 0 Å². The second-order valence-electron chi connectivity index (χ2n) is 6.17. The zero-order valence-electron chi connectivity index (χ0n) is 15.7. The smallest absolute Gasteiger partial charge is 0.244 e. The van der Waals surface area contributed by atoms with Gasteiger partial charge >= 0.3 is 0 Å². The molecule has 1 aromatic carbocycles. The van der Waals surface area contributed by atoms with Gasteiger partial charge in [0.15, 0.2) is 0 Å². The molecule has 0 aliphatic carbocycles. The fourth-order valence-electron chi connectivity index (χ4n) is 3.22. The Bertz CT molecular complexity index is 1090. The van der Waals surface area contributed by atoms with Crippen LogP contribution in [0.4, 0.5) is 5.69 Å². The summed E-state index contributed by atoms with van der Waals surface area (Å²) in [6.45, 7) is 5.63. The minimum Gasteiger partial charge on any atom is -0.343 e. The van der Waals surface area contributed by atoms with Gasteiger partial charge < -0.3 is 4.57 Å². The maximum Gasteiger partial charge on any atom is 0.244 e. The minimum absolute atomic E-state index is 0.0375. The fraction of sp³-hybridized carbons (Fsp3) is 0.316. The summed E-state index contributed by atoms with van der Waals surface area (Å²) in [7, 11) is -1.41. The molecule has 0 aliphatic rings. The number of nitrogens with zero attached hydrogens (tertiary/aromatic N) is 3. The topological polar surface area (TPSA) is 55.2 Å². The van der Waals surface area contributed by atoms with E-state index >= 15 is 0 Å². The van der Waals surface area contributed by atoms with E-state index in [1.165, 1.54) is 15.7 Å². The Kier molecular flexibility index (Phi) is 5.74. The number of halogens is 1. The van der Waals surface area contributed by atoms with Crippen LogP contribution in [-0.4, -0.2) is 29.5 Å². The molecule has 0 amide bonds. The van der Waals surface area contributed by atoms with Gasteiger partial charge in [-0.3, -0.25) is 4.98 Å². The summed E-state index contributed by atoms with van der Waals surface area (Å²) in [5, 5.41) is 1.80. The molecule has 0 bridgehead atoms. The van der Waals surface area contributed by atoms with Crippen molar-refractivity contribution in [2.24, 2.45) is 7.05 Å². The number of fused-ring (bicyclic) bond motifs is 1. The Morgan fingerprint density at radius 1 is 1.22 bits per heavy atom. The van der Waals surface area contributed by atoms with E-state index in [1.807, 2.05) is 38.2 Å². The predicted molar refractivity (Wildman–Crippen MR) is 116 cm³/mol. The molecule has 8 heteroatoms. The van der Waals surface area contributed by atoms with E-state index in [0.717, 1.165) is 27.7 Å². The highest BCUT2D eigenvalue weighted by Gasteiger charge is 2.23. The van der Waals surface area contributed by atoms with Gasteiger partial charge in [-0.1, -0.05) is 24.6 Å². The van der Waals surface area contributed by atoms with Gasteiger partial charge in [-0.15, -0.1) is 0 Å². The molecule has 27 heavy (non-hydrogen) atoms. The van der Waals surface area contributed by atoms with Crippen LogP contribution in [0.3, 0.4) is 0 Å². The number of hydrogen-bond acceptors (Lipinski definition) is 4. The van der Waals surface area contributed by atoms with E-state index < -0.39 is 10.0 Å². The largest absolute Gasteiger partial charge is 0.343 e. The summed E-state index contributed by atoms with van der Waals surface area (Å²) in [5.74, 6) is 0.685. The molecule has 0 aliphatic heterocycles. The number of hydrogen-bond donors (Lipinski definition) is 0.